The first kappa shape index (κ1) is 21.8. The first-order valence-corrected chi connectivity index (χ1v) is 10.8. The number of piperidine rings is 1. The summed E-state index contributed by atoms with van der Waals surface area (Å²) in [6, 6.07) is 20.0. The van der Waals surface area contributed by atoms with E-state index in [1.54, 1.807) is 0 Å². The molecule has 0 aliphatic carbocycles. The van der Waals surface area contributed by atoms with Crippen molar-refractivity contribution in [2.75, 3.05) is 25.0 Å². The van der Waals surface area contributed by atoms with Gasteiger partial charge in [-0.25, -0.2) is 4.79 Å². The van der Waals surface area contributed by atoms with E-state index in [0.29, 0.717) is 6.54 Å². The van der Waals surface area contributed by atoms with Gasteiger partial charge < -0.3 is 16.0 Å². The number of anilines is 1. The van der Waals surface area contributed by atoms with E-state index in [4.69, 9.17) is 0 Å². The fraction of sp³-hybridized carbons (Fsp3) is 0.417. The zero-order valence-electron chi connectivity index (χ0n) is 17.6. The molecule has 0 radical (unpaired) electrons. The summed E-state index contributed by atoms with van der Waals surface area (Å²) in [5.41, 5.74) is 2.10. The fourth-order valence-electron chi connectivity index (χ4n) is 3.71. The topological polar surface area (TPSA) is 73.5 Å². The molecule has 2 aromatic rings. The molecule has 3 amide bonds. The van der Waals surface area contributed by atoms with Crippen LogP contribution < -0.4 is 16.0 Å². The Hall–Kier alpha value is -2.86. The van der Waals surface area contributed by atoms with E-state index in [2.05, 4.69) is 33.0 Å². The SMILES string of the molecule is C[C@@H](CCc1ccccc1)NC(=O)NC1CCN(CC(=O)Nc2ccccc2)CC1. The Balaban J connectivity index is 1.31. The highest BCUT2D eigenvalue weighted by molar-refractivity contribution is 5.92. The largest absolute Gasteiger partial charge is 0.336 e. The maximum atomic E-state index is 12.3. The van der Waals surface area contributed by atoms with Gasteiger partial charge in [0.15, 0.2) is 0 Å². The zero-order chi connectivity index (χ0) is 21.2. The molecule has 1 aliphatic heterocycles. The second-order valence-electron chi connectivity index (χ2n) is 8.01. The van der Waals surface area contributed by atoms with Crippen molar-refractivity contribution in [1.29, 1.82) is 0 Å². The average molecular weight is 409 g/mol. The predicted octanol–water partition coefficient (Wildman–Crippen LogP) is 3.41. The van der Waals surface area contributed by atoms with E-state index >= 15 is 0 Å². The smallest absolute Gasteiger partial charge is 0.315 e. The van der Waals surface area contributed by atoms with Gasteiger partial charge in [-0.2, -0.15) is 0 Å². The Morgan fingerprint density at radius 2 is 1.63 bits per heavy atom. The lowest BCUT2D eigenvalue weighted by atomic mass is 10.0. The summed E-state index contributed by atoms with van der Waals surface area (Å²) in [4.78, 5) is 26.6. The first-order valence-electron chi connectivity index (χ1n) is 10.8. The summed E-state index contributed by atoms with van der Waals surface area (Å²) in [6.45, 7) is 4.02. The van der Waals surface area contributed by atoms with Crippen LogP contribution in [0.25, 0.3) is 0 Å². The highest BCUT2D eigenvalue weighted by Crippen LogP contribution is 2.11. The molecule has 0 bridgehead atoms. The number of hydrogen-bond donors (Lipinski definition) is 3. The highest BCUT2D eigenvalue weighted by atomic mass is 16.2. The van der Waals surface area contributed by atoms with Crippen LogP contribution in [0, 0.1) is 0 Å². The lowest BCUT2D eigenvalue weighted by molar-refractivity contribution is -0.117. The lowest BCUT2D eigenvalue weighted by Crippen LogP contribution is -2.50. The number of nitrogens with zero attached hydrogens (tertiary/aromatic N) is 1. The van der Waals surface area contributed by atoms with E-state index < -0.39 is 0 Å². The minimum Gasteiger partial charge on any atom is -0.336 e. The predicted molar refractivity (Wildman–Crippen MR) is 120 cm³/mol. The van der Waals surface area contributed by atoms with Crippen LogP contribution in [0.1, 0.15) is 31.7 Å². The molecule has 6 heteroatoms. The van der Waals surface area contributed by atoms with Crippen molar-refractivity contribution < 1.29 is 9.59 Å². The summed E-state index contributed by atoms with van der Waals surface area (Å²) in [5, 5.41) is 9.04. The Bertz CT molecular complexity index is 789. The number of nitrogens with one attached hydrogen (secondary N) is 3. The molecule has 160 valence electrons. The van der Waals surface area contributed by atoms with E-state index in [9.17, 15) is 9.59 Å². The molecule has 6 nitrogen and oxygen atoms in total. The monoisotopic (exact) mass is 408 g/mol. The van der Waals surface area contributed by atoms with Crippen molar-refractivity contribution in [3.8, 4) is 0 Å². The average Bonchev–Trinajstić information content (AvgIpc) is 2.75. The van der Waals surface area contributed by atoms with Crippen molar-refractivity contribution in [2.45, 2.75) is 44.7 Å². The van der Waals surface area contributed by atoms with Crippen molar-refractivity contribution >= 4 is 17.6 Å². The second-order valence-corrected chi connectivity index (χ2v) is 8.01. The molecule has 3 N–H and O–H groups in total. The standard InChI is InChI=1S/C24H32N4O2/c1-19(12-13-20-8-4-2-5-9-20)25-24(30)27-22-14-16-28(17-15-22)18-23(29)26-21-10-6-3-7-11-21/h2-11,19,22H,12-18H2,1H3,(H,26,29)(H2,25,27,30)/t19-/m0/s1. The molecule has 3 rings (SSSR count). The Morgan fingerprint density at radius 3 is 2.30 bits per heavy atom. The molecule has 1 atom stereocenters. The molecule has 30 heavy (non-hydrogen) atoms. The molecule has 0 unspecified atom stereocenters. The molecular weight excluding hydrogens is 376 g/mol. The number of amides is 3. The van der Waals surface area contributed by atoms with Crippen molar-refractivity contribution in [3.63, 3.8) is 0 Å². The van der Waals surface area contributed by atoms with E-state index in [1.165, 1.54) is 5.56 Å². The van der Waals surface area contributed by atoms with Crippen LogP contribution in [0.3, 0.4) is 0 Å². The van der Waals surface area contributed by atoms with E-state index in [1.807, 2.05) is 55.5 Å². The third kappa shape index (κ3) is 7.52. The Labute approximate surface area is 179 Å². The third-order valence-corrected chi connectivity index (χ3v) is 5.43. The van der Waals surface area contributed by atoms with Crippen LogP contribution in [0.2, 0.25) is 0 Å². The van der Waals surface area contributed by atoms with Gasteiger partial charge in [-0.05, 0) is 50.3 Å². The van der Waals surface area contributed by atoms with Crippen LogP contribution >= 0.6 is 0 Å². The van der Waals surface area contributed by atoms with Gasteiger partial charge in [-0.15, -0.1) is 0 Å². The molecule has 1 heterocycles. The normalized spacial score (nSPS) is 15.9. The minimum atomic E-state index is -0.101. The quantitative estimate of drug-likeness (QED) is 0.627. The molecule has 0 saturated carbocycles. The number of carbonyl (C=O) groups is 2. The van der Waals surface area contributed by atoms with Gasteiger partial charge in [0.1, 0.15) is 0 Å². The Morgan fingerprint density at radius 1 is 1.00 bits per heavy atom. The first-order chi connectivity index (χ1) is 14.6. The van der Waals surface area contributed by atoms with Gasteiger partial charge in [-0.1, -0.05) is 48.5 Å². The third-order valence-electron chi connectivity index (χ3n) is 5.43. The van der Waals surface area contributed by atoms with Gasteiger partial charge in [0.2, 0.25) is 5.91 Å². The Kier molecular flexibility index (Phi) is 8.27. The van der Waals surface area contributed by atoms with Crippen molar-refractivity contribution in [2.24, 2.45) is 0 Å². The van der Waals surface area contributed by atoms with Gasteiger partial charge in [0.05, 0.1) is 6.54 Å². The van der Waals surface area contributed by atoms with Crippen LogP contribution in [0.15, 0.2) is 60.7 Å². The number of aryl methyl sites for hydroxylation is 1. The molecule has 0 spiro atoms. The lowest BCUT2D eigenvalue weighted by Gasteiger charge is -2.32. The van der Waals surface area contributed by atoms with Crippen molar-refractivity contribution in [1.82, 2.24) is 15.5 Å². The van der Waals surface area contributed by atoms with Crippen molar-refractivity contribution in [3.05, 3.63) is 66.2 Å². The number of para-hydroxylation sites is 1. The van der Waals surface area contributed by atoms with Gasteiger partial charge in [0.25, 0.3) is 0 Å². The number of rotatable bonds is 8. The number of benzene rings is 2. The summed E-state index contributed by atoms with van der Waals surface area (Å²) in [5.74, 6) is -0.00223. The number of likely N-dealkylation sites (tertiary alicyclic amines) is 1. The van der Waals surface area contributed by atoms with Crippen LogP contribution in [-0.2, 0) is 11.2 Å². The van der Waals surface area contributed by atoms with Crippen LogP contribution in [-0.4, -0.2) is 48.6 Å². The summed E-state index contributed by atoms with van der Waals surface area (Å²) in [7, 11) is 0. The maximum Gasteiger partial charge on any atom is 0.315 e. The van der Waals surface area contributed by atoms with E-state index in [-0.39, 0.29) is 24.0 Å². The van der Waals surface area contributed by atoms with Gasteiger partial charge in [0, 0.05) is 30.9 Å². The molecule has 0 aromatic heterocycles. The molecule has 1 saturated heterocycles. The fourth-order valence-corrected chi connectivity index (χ4v) is 3.71. The second kappa shape index (κ2) is 11.4. The zero-order valence-corrected chi connectivity index (χ0v) is 17.6. The van der Waals surface area contributed by atoms with Crippen LogP contribution in [0.5, 0.6) is 0 Å². The summed E-state index contributed by atoms with van der Waals surface area (Å²) < 4.78 is 0. The van der Waals surface area contributed by atoms with Gasteiger partial charge in [-0.3, -0.25) is 9.69 Å². The van der Waals surface area contributed by atoms with Gasteiger partial charge >= 0.3 is 6.03 Å². The minimum absolute atomic E-state index is 0.00223. The number of urea groups is 1. The molecule has 2 aromatic carbocycles. The maximum absolute atomic E-state index is 12.3. The van der Waals surface area contributed by atoms with Crippen LogP contribution in [0.4, 0.5) is 10.5 Å². The van der Waals surface area contributed by atoms with E-state index in [0.717, 1.165) is 44.5 Å². The molecular formula is C24H32N4O2. The number of hydrogen-bond acceptors (Lipinski definition) is 3. The number of carbonyl (C=O) groups excluding carboxylic acids is 2. The molecule has 1 aliphatic rings. The molecule has 1 fully saturated rings. The highest BCUT2D eigenvalue weighted by Gasteiger charge is 2.22. The summed E-state index contributed by atoms with van der Waals surface area (Å²) in [6.07, 6.45) is 3.56. The summed E-state index contributed by atoms with van der Waals surface area (Å²) >= 11 is 0.